The van der Waals surface area contributed by atoms with Crippen molar-refractivity contribution in [3.63, 3.8) is 0 Å². The van der Waals surface area contributed by atoms with Crippen LogP contribution < -0.4 is 5.32 Å². The predicted octanol–water partition coefficient (Wildman–Crippen LogP) is 4.67. The maximum atomic E-state index is 11.8. The quantitative estimate of drug-likeness (QED) is 0.301. The van der Waals surface area contributed by atoms with E-state index in [1.54, 1.807) is 27.0 Å². The van der Waals surface area contributed by atoms with Crippen molar-refractivity contribution in [1.29, 1.82) is 0 Å². The third-order valence-electron chi connectivity index (χ3n) is 2.84. The van der Waals surface area contributed by atoms with Gasteiger partial charge in [-0.05, 0) is 46.3 Å². The molecule has 132 valence electrons. The van der Waals surface area contributed by atoms with Gasteiger partial charge >= 0.3 is 6.09 Å². The molecule has 0 saturated carbocycles. The van der Waals surface area contributed by atoms with Crippen LogP contribution in [0.3, 0.4) is 0 Å². The lowest BCUT2D eigenvalue weighted by atomic mass is 10.1. The minimum absolute atomic E-state index is 0.118. The van der Waals surface area contributed by atoms with Gasteiger partial charge in [-0.2, -0.15) is 4.99 Å². The highest BCUT2D eigenvalue weighted by Crippen LogP contribution is 2.10. The third kappa shape index (κ3) is 14.0. The number of rotatable bonds is 8. The maximum absolute atomic E-state index is 11.8. The van der Waals surface area contributed by atoms with Gasteiger partial charge in [-0.3, -0.25) is 4.79 Å². The molecule has 0 radical (unpaired) electrons. The van der Waals surface area contributed by atoms with E-state index in [0.717, 1.165) is 32.1 Å². The van der Waals surface area contributed by atoms with Crippen molar-refractivity contribution >= 4 is 28.9 Å². The summed E-state index contributed by atoms with van der Waals surface area (Å²) in [4.78, 5) is 27.2. The summed E-state index contributed by atoms with van der Waals surface area (Å²) < 4.78 is 5.10. The van der Waals surface area contributed by atoms with E-state index in [1.165, 1.54) is 18.2 Å². The van der Waals surface area contributed by atoms with Gasteiger partial charge in [0.1, 0.15) is 5.60 Å². The Morgan fingerprint density at radius 2 is 1.78 bits per heavy atom. The van der Waals surface area contributed by atoms with Crippen LogP contribution in [0.2, 0.25) is 0 Å². The molecule has 0 rings (SSSR count). The van der Waals surface area contributed by atoms with Gasteiger partial charge in [0.2, 0.25) is 5.91 Å². The second-order valence-electron chi connectivity index (χ2n) is 6.24. The van der Waals surface area contributed by atoms with Crippen LogP contribution in [0.5, 0.6) is 0 Å². The van der Waals surface area contributed by atoms with E-state index in [2.05, 4.69) is 16.9 Å². The van der Waals surface area contributed by atoms with Gasteiger partial charge in [-0.15, -0.1) is 6.58 Å². The summed E-state index contributed by atoms with van der Waals surface area (Å²) in [5.41, 5.74) is -0.598. The number of carbonyl (C=O) groups is 2. The second-order valence-corrected chi connectivity index (χ2v) is 7.04. The molecule has 6 heteroatoms. The monoisotopic (exact) mass is 342 g/mol. The Morgan fingerprint density at radius 1 is 1.17 bits per heavy atom. The molecule has 0 saturated heterocycles. The molecule has 1 N–H and O–H groups in total. The van der Waals surface area contributed by atoms with E-state index in [4.69, 9.17) is 4.74 Å². The molecule has 0 aromatic carbocycles. The molecule has 0 aromatic rings. The Hall–Kier alpha value is -1.30. The molecule has 0 atom stereocenters. The molecule has 0 aliphatic carbocycles. The van der Waals surface area contributed by atoms with Gasteiger partial charge in [-0.1, -0.05) is 37.1 Å². The summed E-state index contributed by atoms with van der Waals surface area (Å²) in [6.45, 7) is 9.01. The highest BCUT2D eigenvalue weighted by molar-refractivity contribution is 8.13. The molecule has 0 aromatic heterocycles. The van der Waals surface area contributed by atoms with Crippen LogP contribution in [0, 0.1) is 0 Å². The Labute approximate surface area is 144 Å². The number of hydrogen-bond acceptors (Lipinski definition) is 4. The Bertz CT molecular complexity index is 415. The van der Waals surface area contributed by atoms with Crippen molar-refractivity contribution in [3.8, 4) is 0 Å². The van der Waals surface area contributed by atoms with Gasteiger partial charge in [0, 0.05) is 6.42 Å². The van der Waals surface area contributed by atoms with E-state index in [9.17, 15) is 9.59 Å². The minimum Gasteiger partial charge on any atom is -0.442 e. The number of nitrogens with zero attached hydrogens (tertiary/aromatic N) is 1. The number of carbonyl (C=O) groups excluding carboxylic acids is 2. The molecule has 0 heterocycles. The fourth-order valence-corrected chi connectivity index (χ4v) is 2.16. The van der Waals surface area contributed by atoms with Crippen molar-refractivity contribution in [2.45, 2.75) is 71.3 Å². The fraction of sp³-hybridized carbons (Fsp3) is 0.706. The van der Waals surface area contributed by atoms with E-state index in [1.807, 2.05) is 6.08 Å². The Kier molecular flexibility index (Phi) is 11.5. The standard InChI is InChI=1S/C17H30N2O3S/c1-6-7-8-9-10-11-12-13-14(20)18-15(23-5)19-16(21)22-17(2,3)4/h6H,1,7-13H2,2-5H3,(H,18,19,20,21). The molecular weight excluding hydrogens is 312 g/mol. The zero-order chi connectivity index (χ0) is 17.7. The fourth-order valence-electron chi connectivity index (χ4n) is 1.78. The number of thioether (sulfide) groups is 1. The summed E-state index contributed by atoms with van der Waals surface area (Å²) >= 11 is 1.21. The van der Waals surface area contributed by atoms with Crippen LogP contribution in [-0.2, 0) is 9.53 Å². The zero-order valence-electron chi connectivity index (χ0n) is 14.8. The zero-order valence-corrected chi connectivity index (χ0v) is 15.6. The normalized spacial score (nSPS) is 11.9. The molecule has 2 amide bonds. The summed E-state index contributed by atoms with van der Waals surface area (Å²) in [5.74, 6) is -0.118. The summed E-state index contributed by atoms with van der Waals surface area (Å²) in [7, 11) is 0. The summed E-state index contributed by atoms with van der Waals surface area (Å²) in [6, 6.07) is 0. The first-order valence-electron chi connectivity index (χ1n) is 8.05. The maximum Gasteiger partial charge on any atom is 0.436 e. The average Bonchev–Trinajstić information content (AvgIpc) is 2.43. The van der Waals surface area contributed by atoms with Crippen molar-refractivity contribution in [1.82, 2.24) is 5.32 Å². The number of amides is 2. The molecule has 23 heavy (non-hydrogen) atoms. The number of hydrogen-bond donors (Lipinski definition) is 1. The molecule has 0 fully saturated rings. The van der Waals surface area contributed by atoms with Gasteiger partial charge in [0.25, 0.3) is 0 Å². The first-order valence-corrected chi connectivity index (χ1v) is 9.27. The molecule has 0 bridgehead atoms. The largest absolute Gasteiger partial charge is 0.442 e. The van der Waals surface area contributed by atoms with E-state index in [-0.39, 0.29) is 11.1 Å². The number of unbranched alkanes of at least 4 members (excludes halogenated alkanes) is 5. The highest BCUT2D eigenvalue weighted by atomic mass is 32.2. The van der Waals surface area contributed by atoms with Crippen LogP contribution >= 0.6 is 11.8 Å². The smallest absolute Gasteiger partial charge is 0.436 e. The van der Waals surface area contributed by atoms with Crippen molar-refractivity contribution in [3.05, 3.63) is 12.7 Å². The number of ether oxygens (including phenoxy) is 1. The van der Waals surface area contributed by atoms with Crippen molar-refractivity contribution in [2.75, 3.05) is 6.26 Å². The lowest BCUT2D eigenvalue weighted by Gasteiger charge is -2.17. The predicted molar refractivity (Wildman–Crippen MR) is 97.8 cm³/mol. The Morgan fingerprint density at radius 3 is 2.35 bits per heavy atom. The lowest BCUT2D eigenvalue weighted by Crippen LogP contribution is -2.30. The molecule has 0 unspecified atom stereocenters. The molecule has 0 aliphatic rings. The SMILES string of the molecule is C=CCCCCCCCC(=O)NC(=NC(=O)OC(C)(C)C)SC. The lowest BCUT2D eigenvalue weighted by molar-refractivity contribution is -0.119. The topological polar surface area (TPSA) is 67.8 Å². The average molecular weight is 343 g/mol. The number of nitrogens with one attached hydrogen (secondary N) is 1. The highest BCUT2D eigenvalue weighted by Gasteiger charge is 2.16. The van der Waals surface area contributed by atoms with Crippen molar-refractivity contribution in [2.24, 2.45) is 4.99 Å². The summed E-state index contributed by atoms with van der Waals surface area (Å²) in [6.07, 6.45) is 9.82. The summed E-state index contributed by atoms with van der Waals surface area (Å²) in [5, 5.41) is 2.93. The molecular formula is C17H30N2O3S. The number of amidine groups is 1. The van der Waals surface area contributed by atoms with Gasteiger partial charge in [-0.25, -0.2) is 4.79 Å². The first-order chi connectivity index (χ1) is 10.8. The van der Waals surface area contributed by atoms with E-state index in [0.29, 0.717) is 6.42 Å². The van der Waals surface area contributed by atoms with Crippen LogP contribution in [0.1, 0.15) is 65.7 Å². The number of aliphatic imine (C=N–C) groups is 1. The van der Waals surface area contributed by atoms with E-state index >= 15 is 0 Å². The van der Waals surface area contributed by atoms with Gasteiger partial charge in [0.05, 0.1) is 0 Å². The van der Waals surface area contributed by atoms with Crippen LogP contribution in [0.15, 0.2) is 17.6 Å². The Balaban J connectivity index is 4.05. The molecule has 0 aliphatic heterocycles. The van der Waals surface area contributed by atoms with E-state index < -0.39 is 11.7 Å². The molecule has 5 nitrogen and oxygen atoms in total. The van der Waals surface area contributed by atoms with Crippen molar-refractivity contribution < 1.29 is 14.3 Å². The third-order valence-corrected chi connectivity index (χ3v) is 3.42. The number of allylic oxidation sites excluding steroid dienone is 1. The van der Waals surface area contributed by atoms with Gasteiger partial charge in [0.15, 0.2) is 5.17 Å². The van der Waals surface area contributed by atoms with Crippen LogP contribution in [0.25, 0.3) is 0 Å². The molecule has 0 spiro atoms. The second kappa shape index (κ2) is 12.2. The van der Waals surface area contributed by atoms with Crippen LogP contribution in [0.4, 0.5) is 4.79 Å². The minimum atomic E-state index is -0.690. The first kappa shape index (κ1) is 21.7. The van der Waals surface area contributed by atoms with Gasteiger partial charge < -0.3 is 10.1 Å². The van der Waals surface area contributed by atoms with Crippen LogP contribution in [-0.4, -0.2) is 29.0 Å².